The molecule has 0 bridgehead atoms. The summed E-state index contributed by atoms with van der Waals surface area (Å²) >= 11 is 0. The number of benzene rings is 3. The van der Waals surface area contributed by atoms with Gasteiger partial charge in [-0.25, -0.2) is 4.79 Å². The van der Waals surface area contributed by atoms with Crippen LogP contribution in [0.25, 0.3) is 0 Å². The summed E-state index contributed by atoms with van der Waals surface area (Å²) < 4.78 is 33.8. The van der Waals surface area contributed by atoms with Crippen LogP contribution >= 0.6 is 0 Å². The van der Waals surface area contributed by atoms with E-state index < -0.39 is 18.0 Å². The molecule has 0 aromatic heterocycles. The summed E-state index contributed by atoms with van der Waals surface area (Å²) in [6.45, 7) is 2.40. The van der Waals surface area contributed by atoms with E-state index in [-0.39, 0.29) is 23.8 Å². The number of nitrogens with zero attached hydrogens (tertiary/aromatic N) is 1. The molecule has 2 unspecified atom stereocenters. The van der Waals surface area contributed by atoms with E-state index in [2.05, 4.69) is 6.07 Å². The van der Waals surface area contributed by atoms with Gasteiger partial charge in [0, 0.05) is 11.6 Å². The van der Waals surface area contributed by atoms with Crippen LogP contribution in [0.4, 0.5) is 0 Å². The van der Waals surface area contributed by atoms with E-state index in [0.29, 0.717) is 40.9 Å². The van der Waals surface area contributed by atoms with Crippen molar-refractivity contribution in [1.82, 2.24) is 0 Å². The first kappa shape index (κ1) is 23.9. The first-order valence-corrected chi connectivity index (χ1v) is 11.6. The minimum absolute atomic E-state index is 0.0279. The molecule has 0 amide bonds. The summed E-state index contributed by atoms with van der Waals surface area (Å²) in [5, 5.41) is 9.85. The first-order chi connectivity index (χ1) is 18.0. The number of ether oxygens (including phenoxy) is 6. The molecule has 37 heavy (non-hydrogen) atoms. The Bertz CT molecular complexity index is 1430. The summed E-state index contributed by atoms with van der Waals surface area (Å²) in [6, 6.07) is 19.6. The van der Waals surface area contributed by atoms with E-state index in [9.17, 15) is 10.1 Å². The number of fused-ring (bicyclic) bond motifs is 2. The molecule has 2 aliphatic heterocycles. The first-order valence-electron chi connectivity index (χ1n) is 11.6. The van der Waals surface area contributed by atoms with E-state index in [1.54, 1.807) is 49.6 Å². The predicted octanol–water partition coefficient (Wildman–Crippen LogP) is 4.06. The Balaban J connectivity index is 1.42. The summed E-state index contributed by atoms with van der Waals surface area (Å²) in [6.07, 6.45) is -0.925. The van der Waals surface area contributed by atoms with Crippen LogP contribution in [0.15, 0.2) is 72.1 Å². The number of hydrogen-bond donors (Lipinski definition) is 1. The maximum Gasteiger partial charge on any atom is 0.356 e. The third-order valence-electron chi connectivity index (χ3n) is 6.00. The molecular weight excluding hydrogens is 476 g/mol. The predicted molar refractivity (Wildman–Crippen MR) is 132 cm³/mol. The standard InChI is InChI=1S/C28H24N2O7/c1-3-33-21-11-8-16(12-24(21)32-2)26-18-10-9-17(13-23(18)37-27(30)19(26)14-29)35-28(31)25-15-34-20-6-4-5-7-22(20)36-25/h4-13,25-26H,3,15,30H2,1-2H3. The van der Waals surface area contributed by atoms with Crippen LogP contribution in [-0.2, 0) is 4.79 Å². The van der Waals surface area contributed by atoms with Crippen LogP contribution in [0, 0.1) is 11.3 Å². The molecule has 0 saturated carbocycles. The molecule has 5 rings (SSSR count). The van der Waals surface area contributed by atoms with Gasteiger partial charge < -0.3 is 34.2 Å². The van der Waals surface area contributed by atoms with Crippen molar-refractivity contribution in [3.63, 3.8) is 0 Å². The van der Waals surface area contributed by atoms with Gasteiger partial charge in [-0.05, 0) is 42.8 Å². The van der Waals surface area contributed by atoms with Crippen molar-refractivity contribution < 1.29 is 33.2 Å². The molecule has 2 atom stereocenters. The zero-order chi connectivity index (χ0) is 25.9. The van der Waals surface area contributed by atoms with Gasteiger partial charge in [0.25, 0.3) is 0 Å². The highest BCUT2D eigenvalue weighted by atomic mass is 16.6. The molecule has 9 heteroatoms. The lowest BCUT2D eigenvalue weighted by Gasteiger charge is -2.27. The third kappa shape index (κ3) is 4.57. The average molecular weight is 501 g/mol. The topological polar surface area (TPSA) is 122 Å². The fraction of sp³-hybridized carbons (Fsp3) is 0.214. The number of carbonyl (C=O) groups excluding carboxylic acids is 1. The van der Waals surface area contributed by atoms with Crippen LogP contribution in [0.3, 0.4) is 0 Å². The van der Waals surface area contributed by atoms with Crippen LogP contribution in [-0.4, -0.2) is 32.4 Å². The van der Waals surface area contributed by atoms with Gasteiger partial charge >= 0.3 is 5.97 Å². The number of nitriles is 1. The summed E-state index contributed by atoms with van der Waals surface area (Å²) in [4.78, 5) is 12.8. The second-order valence-electron chi connectivity index (χ2n) is 8.25. The minimum Gasteiger partial charge on any atom is -0.493 e. The molecule has 0 aliphatic carbocycles. The number of esters is 1. The lowest BCUT2D eigenvalue weighted by Crippen LogP contribution is -2.39. The molecule has 0 fully saturated rings. The van der Waals surface area contributed by atoms with Gasteiger partial charge in [0.1, 0.15) is 29.7 Å². The quantitative estimate of drug-likeness (QED) is 0.394. The second-order valence-corrected chi connectivity index (χ2v) is 8.25. The molecule has 0 radical (unpaired) electrons. The van der Waals surface area contributed by atoms with Gasteiger partial charge in [0.05, 0.1) is 19.6 Å². The normalized spacial score (nSPS) is 17.6. The van der Waals surface area contributed by atoms with E-state index in [1.165, 1.54) is 0 Å². The molecule has 2 heterocycles. The fourth-order valence-corrected chi connectivity index (χ4v) is 4.30. The highest BCUT2D eigenvalue weighted by Gasteiger charge is 2.33. The van der Waals surface area contributed by atoms with Crippen molar-refractivity contribution in [2.24, 2.45) is 5.73 Å². The van der Waals surface area contributed by atoms with Gasteiger partial charge in [-0.3, -0.25) is 0 Å². The lowest BCUT2D eigenvalue weighted by molar-refractivity contribution is -0.144. The van der Waals surface area contributed by atoms with Crippen LogP contribution in [0.2, 0.25) is 0 Å². The van der Waals surface area contributed by atoms with Gasteiger partial charge in [-0.15, -0.1) is 0 Å². The number of nitrogens with two attached hydrogens (primary N) is 1. The highest BCUT2D eigenvalue weighted by molar-refractivity contribution is 5.78. The largest absolute Gasteiger partial charge is 0.493 e. The van der Waals surface area contributed by atoms with Gasteiger partial charge in [0.15, 0.2) is 23.0 Å². The maximum absolute atomic E-state index is 12.8. The van der Waals surface area contributed by atoms with E-state index in [4.69, 9.17) is 34.2 Å². The smallest absolute Gasteiger partial charge is 0.356 e. The number of allylic oxidation sites excluding steroid dienone is 1. The molecule has 3 aromatic rings. The number of rotatable bonds is 6. The number of hydrogen-bond acceptors (Lipinski definition) is 9. The lowest BCUT2D eigenvalue weighted by atomic mass is 9.83. The van der Waals surface area contributed by atoms with Crippen molar-refractivity contribution in [2.45, 2.75) is 18.9 Å². The average Bonchev–Trinajstić information content (AvgIpc) is 2.92. The van der Waals surface area contributed by atoms with Crippen molar-refractivity contribution >= 4 is 5.97 Å². The van der Waals surface area contributed by atoms with E-state index in [0.717, 1.165) is 5.56 Å². The van der Waals surface area contributed by atoms with E-state index >= 15 is 0 Å². The van der Waals surface area contributed by atoms with Crippen molar-refractivity contribution in [1.29, 1.82) is 5.26 Å². The molecule has 0 spiro atoms. The fourth-order valence-electron chi connectivity index (χ4n) is 4.30. The molecule has 9 nitrogen and oxygen atoms in total. The second kappa shape index (κ2) is 10.0. The summed E-state index contributed by atoms with van der Waals surface area (Å²) in [5.41, 5.74) is 7.84. The number of para-hydroxylation sites is 2. The Morgan fingerprint density at radius 3 is 2.65 bits per heavy atom. The molecule has 0 saturated heterocycles. The Hall–Kier alpha value is -4.84. The Labute approximate surface area is 213 Å². The van der Waals surface area contributed by atoms with E-state index in [1.807, 2.05) is 25.1 Å². The molecule has 2 aliphatic rings. The number of methoxy groups -OCH3 is 1. The Morgan fingerprint density at radius 1 is 1.08 bits per heavy atom. The summed E-state index contributed by atoms with van der Waals surface area (Å²) in [7, 11) is 1.55. The van der Waals surface area contributed by atoms with Gasteiger partial charge in [0.2, 0.25) is 12.0 Å². The van der Waals surface area contributed by atoms with Crippen molar-refractivity contribution in [2.75, 3.05) is 20.3 Å². The van der Waals surface area contributed by atoms with Gasteiger partial charge in [-0.2, -0.15) is 5.26 Å². The Morgan fingerprint density at radius 2 is 1.89 bits per heavy atom. The SMILES string of the molecule is CCOc1ccc(C2C(C#N)=C(N)Oc3cc(OC(=O)C4COc5ccccc5O4)ccc32)cc1OC. The highest BCUT2D eigenvalue weighted by Crippen LogP contribution is 2.45. The third-order valence-corrected chi connectivity index (χ3v) is 6.00. The molecule has 188 valence electrons. The van der Waals surface area contributed by atoms with Crippen LogP contribution in [0.5, 0.6) is 34.5 Å². The van der Waals surface area contributed by atoms with Crippen molar-refractivity contribution in [3.05, 3.63) is 83.2 Å². The van der Waals surface area contributed by atoms with Crippen LogP contribution < -0.4 is 34.2 Å². The van der Waals surface area contributed by atoms with Gasteiger partial charge in [-0.1, -0.05) is 24.3 Å². The zero-order valence-corrected chi connectivity index (χ0v) is 20.2. The molecule has 2 N–H and O–H groups in total. The zero-order valence-electron chi connectivity index (χ0n) is 20.2. The molecular formula is C28H24N2O7. The minimum atomic E-state index is -0.925. The Kier molecular flexibility index (Phi) is 6.47. The monoisotopic (exact) mass is 500 g/mol. The number of carbonyl (C=O) groups is 1. The molecule has 3 aromatic carbocycles. The van der Waals surface area contributed by atoms with Crippen molar-refractivity contribution in [3.8, 4) is 40.6 Å². The van der Waals surface area contributed by atoms with Crippen LogP contribution in [0.1, 0.15) is 24.0 Å². The maximum atomic E-state index is 12.8. The summed E-state index contributed by atoms with van der Waals surface area (Å²) in [5.74, 6) is 1.61.